The van der Waals surface area contributed by atoms with Crippen molar-refractivity contribution in [2.75, 3.05) is 6.54 Å². The van der Waals surface area contributed by atoms with Crippen LogP contribution >= 0.6 is 34.8 Å². The molecule has 0 saturated carbocycles. The van der Waals surface area contributed by atoms with Crippen LogP contribution in [0.3, 0.4) is 0 Å². The standard InChI is InChI=1S/C34H33Cl3N6O4/c35-21-1-4-27-24(11-21)18(15-41-27)7-8-40-30(34(45)47-32(39)10-20-17-43-29-6-3-23(37)13-26(20)29)14-33(44)46-31(38)9-19-16-42-28-5-2-22(36)12-25(19)28/h1-6,11-13,15-17,30-32,40-43H,7-10,14,38-39H2. The first-order valence-corrected chi connectivity index (χ1v) is 16.2. The Labute approximate surface area is 285 Å². The molecule has 0 aliphatic rings. The van der Waals surface area contributed by atoms with Crippen LogP contribution in [0.25, 0.3) is 32.7 Å². The fraction of sp³-hybridized carbons (Fsp3) is 0.235. The van der Waals surface area contributed by atoms with Gasteiger partial charge in [0.25, 0.3) is 0 Å². The summed E-state index contributed by atoms with van der Waals surface area (Å²) in [6, 6.07) is 15.5. The van der Waals surface area contributed by atoms with Gasteiger partial charge >= 0.3 is 11.9 Å². The second-order valence-corrected chi connectivity index (χ2v) is 12.7. The zero-order chi connectivity index (χ0) is 33.1. The molecule has 6 rings (SSSR count). The summed E-state index contributed by atoms with van der Waals surface area (Å²) in [7, 11) is 0. The van der Waals surface area contributed by atoms with Gasteiger partial charge in [-0.3, -0.25) is 21.1 Å². The number of benzene rings is 3. The van der Waals surface area contributed by atoms with Gasteiger partial charge in [-0.05, 0) is 77.7 Å². The highest BCUT2D eigenvalue weighted by molar-refractivity contribution is 6.32. The maximum atomic E-state index is 13.4. The Morgan fingerprint density at radius 1 is 0.681 bits per heavy atom. The number of halogens is 3. The van der Waals surface area contributed by atoms with Gasteiger partial charge in [-0.15, -0.1) is 0 Å². The molecule has 0 aliphatic carbocycles. The van der Waals surface area contributed by atoms with E-state index in [-0.39, 0.29) is 19.3 Å². The molecular weight excluding hydrogens is 663 g/mol. The van der Waals surface area contributed by atoms with Crippen LogP contribution < -0.4 is 16.8 Å². The van der Waals surface area contributed by atoms with Gasteiger partial charge in [-0.25, -0.2) is 0 Å². The maximum Gasteiger partial charge on any atom is 0.325 e. The number of esters is 2. The molecule has 3 atom stereocenters. The minimum Gasteiger partial charge on any atom is -0.446 e. The molecule has 3 aromatic heterocycles. The number of hydrogen-bond donors (Lipinski definition) is 6. The average molecular weight is 696 g/mol. The van der Waals surface area contributed by atoms with Crippen molar-refractivity contribution in [1.29, 1.82) is 0 Å². The Morgan fingerprint density at radius 2 is 1.13 bits per heavy atom. The van der Waals surface area contributed by atoms with Gasteiger partial charge in [-0.1, -0.05) is 34.8 Å². The van der Waals surface area contributed by atoms with E-state index in [0.717, 1.165) is 49.4 Å². The van der Waals surface area contributed by atoms with Gasteiger partial charge in [-0.2, -0.15) is 0 Å². The molecule has 244 valence electrons. The van der Waals surface area contributed by atoms with E-state index in [0.29, 0.717) is 28.0 Å². The minimum absolute atomic E-state index is 0.235. The van der Waals surface area contributed by atoms with Crippen molar-refractivity contribution in [3.8, 4) is 0 Å². The van der Waals surface area contributed by atoms with Crippen LogP contribution in [0.4, 0.5) is 0 Å². The van der Waals surface area contributed by atoms with E-state index in [1.807, 2.05) is 48.7 Å². The number of H-pyrrole nitrogens is 3. The molecule has 6 aromatic rings. The lowest BCUT2D eigenvalue weighted by Gasteiger charge is -2.21. The summed E-state index contributed by atoms with van der Waals surface area (Å²) in [5, 5.41) is 7.68. The molecule has 10 nitrogen and oxygen atoms in total. The number of ether oxygens (including phenoxy) is 2. The highest BCUT2D eigenvalue weighted by Gasteiger charge is 2.27. The summed E-state index contributed by atoms with van der Waals surface area (Å²) in [6.07, 6.45) is 4.28. The highest BCUT2D eigenvalue weighted by atomic mass is 35.5. The first-order chi connectivity index (χ1) is 22.6. The van der Waals surface area contributed by atoms with Crippen molar-refractivity contribution >= 4 is 79.5 Å². The summed E-state index contributed by atoms with van der Waals surface area (Å²) in [6.45, 7) is 0.352. The number of aromatic amines is 3. The Bertz CT molecular complexity index is 2050. The van der Waals surface area contributed by atoms with Crippen molar-refractivity contribution in [2.24, 2.45) is 11.5 Å². The van der Waals surface area contributed by atoms with Gasteiger partial charge in [0.2, 0.25) is 0 Å². The number of rotatable bonds is 13. The third kappa shape index (κ3) is 7.93. The normalized spacial score (nSPS) is 13.6. The molecule has 0 aliphatic heterocycles. The molecule has 0 bridgehead atoms. The smallest absolute Gasteiger partial charge is 0.325 e. The van der Waals surface area contributed by atoms with Crippen molar-refractivity contribution in [3.05, 3.63) is 105 Å². The van der Waals surface area contributed by atoms with Crippen LogP contribution in [0, 0.1) is 0 Å². The quantitative estimate of drug-likeness (QED) is 0.0626. The number of fused-ring (bicyclic) bond motifs is 3. The molecule has 0 saturated heterocycles. The van der Waals surface area contributed by atoms with E-state index in [2.05, 4.69) is 20.3 Å². The monoisotopic (exact) mass is 694 g/mol. The van der Waals surface area contributed by atoms with E-state index >= 15 is 0 Å². The topological polar surface area (TPSA) is 164 Å². The number of carbonyl (C=O) groups excluding carboxylic acids is 2. The average Bonchev–Trinajstić information content (AvgIpc) is 3.73. The van der Waals surface area contributed by atoms with Gasteiger partial charge < -0.3 is 29.7 Å². The molecule has 0 amide bonds. The number of nitrogens with one attached hydrogen (secondary N) is 4. The molecule has 3 heterocycles. The fourth-order valence-electron chi connectivity index (χ4n) is 5.75. The zero-order valence-electron chi connectivity index (χ0n) is 25.1. The molecule has 0 spiro atoms. The highest BCUT2D eigenvalue weighted by Crippen LogP contribution is 2.25. The number of carbonyl (C=O) groups is 2. The van der Waals surface area contributed by atoms with E-state index < -0.39 is 30.4 Å². The van der Waals surface area contributed by atoms with E-state index in [1.54, 1.807) is 24.5 Å². The zero-order valence-corrected chi connectivity index (χ0v) is 27.4. The lowest BCUT2D eigenvalue weighted by atomic mass is 10.1. The van der Waals surface area contributed by atoms with Crippen LogP contribution in [0.15, 0.2) is 73.2 Å². The molecule has 0 fully saturated rings. The van der Waals surface area contributed by atoms with Gasteiger partial charge in [0.05, 0.1) is 6.42 Å². The molecular formula is C34H33Cl3N6O4. The Hall–Kier alpha value is -4.03. The Morgan fingerprint density at radius 3 is 1.64 bits per heavy atom. The SMILES string of the molecule is NC(Cc1c[nH]c2ccc(Cl)cc12)OC(=O)CC(NCCc1c[nH]c2ccc(Cl)cc12)C(=O)OC(N)Cc1c[nH]c2ccc(Cl)cc12. The van der Waals surface area contributed by atoms with Crippen molar-refractivity contribution < 1.29 is 19.1 Å². The molecule has 13 heteroatoms. The number of aromatic nitrogens is 3. The summed E-state index contributed by atoms with van der Waals surface area (Å²) in [5.74, 6) is -1.35. The first-order valence-electron chi connectivity index (χ1n) is 15.0. The second-order valence-electron chi connectivity index (χ2n) is 11.4. The largest absolute Gasteiger partial charge is 0.446 e. The lowest BCUT2D eigenvalue weighted by molar-refractivity contribution is -0.158. The summed E-state index contributed by atoms with van der Waals surface area (Å²) < 4.78 is 11.2. The molecule has 8 N–H and O–H groups in total. The van der Waals surface area contributed by atoms with Gasteiger partial charge in [0, 0.05) is 85.8 Å². The summed E-state index contributed by atoms with van der Waals surface area (Å²) in [4.78, 5) is 36.1. The predicted octanol–water partition coefficient (Wildman–Crippen LogP) is 6.12. The van der Waals surface area contributed by atoms with Crippen molar-refractivity contribution in [2.45, 2.75) is 44.2 Å². The van der Waals surface area contributed by atoms with Crippen molar-refractivity contribution in [1.82, 2.24) is 20.3 Å². The lowest BCUT2D eigenvalue weighted by Crippen LogP contribution is -2.45. The summed E-state index contributed by atoms with van der Waals surface area (Å²) in [5.41, 5.74) is 17.9. The predicted molar refractivity (Wildman–Crippen MR) is 186 cm³/mol. The molecule has 0 radical (unpaired) electrons. The van der Waals surface area contributed by atoms with Crippen molar-refractivity contribution in [3.63, 3.8) is 0 Å². The van der Waals surface area contributed by atoms with Crippen LogP contribution in [-0.4, -0.2) is 51.9 Å². The van der Waals surface area contributed by atoms with Crippen LogP contribution in [-0.2, 0) is 38.3 Å². The van der Waals surface area contributed by atoms with E-state index in [9.17, 15) is 9.59 Å². The van der Waals surface area contributed by atoms with Crippen LogP contribution in [0.2, 0.25) is 15.1 Å². The van der Waals surface area contributed by atoms with Gasteiger partial charge in [0.1, 0.15) is 6.04 Å². The molecule has 3 aromatic carbocycles. The number of hydrogen-bond acceptors (Lipinski definition) is 7. The second kappa shape index (κ2) is 14.4. The molecule has 3 unspecified atom stereocenters. The Balaban J connectivity index is 1.11. The fourth-order valence-corrected chi connectivity index (χ4v) is 6.26. The van der Waals surface area contributed by atoms with Crippen LogP contribution in [0.5, 0.6) is 0 Å². The third-order valence-corrected chi connectivity index (χ3v) is 8.73. The van der Waals surface area contributed by atoms with E-state index in [4.69, 9.17) is 55.7 Å². The maximum absolute atomic E-state index is 13.4. The molecule has 47 heavy (non-hydrogen) atoms. The van der Waals surface area contributed by atoms with E-state index in [1.165, 1.54) is 0 Å². The van der Waals surface area contributed by atoms with Crippen LogP contribution in [0.1, 0.15) is 23.1 Å². The third-order valence-electron chi connectivity index (χ3n) is 8.02. The number of nitrogens with two attached hydrogens (primary N) is 2. The first kappa shape index (κ1) is 32.9. The van der Waals surface area contributed by atoms with Gasteiger partial charge in [0.15, 0.2) is 12.5 Å². The Kier molecular flexibility index (Phi) is 10.1. The minimum atomic E-state index is -1.04. The summed E-state index contributed by atoms with van der Waals surface area (Å²) >= 11 is 18.6.